The quantitative estimate of drug-likeness (QED) is 0.748. The second kappa shape index (κ2) is 6.13. The Labute approximate surface area is 136 Å². The molecule has 0 saturated heterocycles. The van der Waals surface area contributed by atoms with Gasteiger partial charge in [-0.05, 0) is 31.2 Å². The van der Waals surface area contributed by atoms with Crippen molar-refractivity contribution in [2.45, 2.75) is 6.92 Å². The van der Waals surface area contributed by atoms with Crippen molar-refractivity contribution in [3.05, 3.63) is 52.3 Å². The van der Waals surface area contributed by atoms with Crippen LogP contribution >= 0.6 is 11.3 Å². The fourth-order valence-corrected chi connectivity index (χ4v) is 2.85. The Morgan fingerprint density at radius 2 is 1.91 bits per heavy atom. The standard InChI is InChI=1S/C16H14N4O2S/c1-10(21)13-6-7-14(23-13)16(22)18-15-9-12(19-20(15)2)11-5-3-4-8-17-11/h3-9H,1-2H3,(H,18,22). The number of carbonyl (C=O) groups is 2. The van der Waals surface area contributed by atoms with Gasteiger partial charge in [0.25, 0.3) is 5.91 Å². The normalized spacial score (nSPS) is 10.5. The average molecular weight is 326 g/mol. The van der Waals surface area contributed by atoms with Gasteiger partial charge in [-0.3, -0.25) is 19.3 Å². The van der Waals surface area contributed by atoms with Crippen molar-refractivity contribution >= 4 is 28.8 Å². The van der Waals surface area contributed by atoms with E-state index in [4.69, 9.17) is 0 Å². The van der Waals surface area contributed by atoms with E-state index in [0.29, 0.717) is 21.3 Å². The molecule has 3 rings (SSSR count). The molecule has 0 bridgehead atoms. The van der Waals surface area contributed by atoms with Crippen LogP contribution in [0.25, 0.3) is 11.4 Å². The first-order valence-corrected chi connectivity index (χ1v) is 7.74. The minimum Gasteiger partial charge on any atom is -0.306 e. The number of aryl methyl sites for hydroxylation is 1. The summed E-state index contributed by atoms with van der Waals surface area (Å²) in [5.74, 6) is 0.249. The van der Waals surface area contributed by atoms with Crippen molar-refractivity contribution in [1.82, 2.24) is 14.8 Å². The molecule has 7 heteroatoms. The van der Waals surface area contributed by atoms with Crippen molar-refractivity contribution in [3.8, 4) is 11.4 Å². The van der Waals surface area contributed by atoms with Gasteiger partial charge in [0.1, 0.15) is 11.5 Å². The summed E-state index contributed by atoms with van der Waals surface area (Å²) in [5.41, 5.74) is 1.41. The molecule has 0 radical (unpaired) electrons. The monoisotopic (exact) mass is 326 g/mol. The first-order valence-electron chi connectivity index (χ1n) is 6.92. The summed E-state index contributed by atoms with van der Waals surface area (Å²) in [6.45, 7) is 1.48. The number of Topliss-reactive ketones (excluding diaryl/α,β-unsaturated/α-hetero) is 1. The van der Waals surface area contributed by atoms with Crippen molar-refractivity contribution < 1.29 is 9.59 Å². The van der Waals surface area contributed by atoms with Gasteiger partial charge < -0.3 is 5.32 Å². The smallest absolute Gasteiger partial charge is 0.266 e. The fraction of sp³-hybridized carbons (Fsp3) is 0.125. The van der Waals surface area contributed by atoms with Crippen LogP contribution in [0.1, 0.15) is 26.3 Å². The molecule has 0 aliphatic carbocycles. The summed E-state index contributed by atoms with van der Waals surface area (Å²) in [5, 5.41) is 7.15. The van der Waals surface area contributed by atoms with Gasteiger partial charge in [-0.25, -0.2) is 0 Å². The highest BCUT2D eigenvalue weighted by molar-refractivity contribution is 7.16. The highest BCUT2D eigenvalue weighted by Gasteiger charge is 2.15. The lowest BCUT2D eigenvalue weighted by Gasteiger charge is -2.02. The number of rotatable bonds is 4. The molecule has 3 heterocycles. The summed E-state index contributed by atoms with van der Waals surface area (Å²) in [4.78, 5) is 28.9. The predicted octanol–water partition coefficient (Wildman–Crippen LogP) is 3.00. The van der Waals surface area contributed by atoms with Crippen molar-refractivity contribution in [1.29, 1.82) is 0 Å². The predicted molar refractivity (Wildman–Crippen MR) is 88.7 cm³/mol. The van der Waals surface area contributed by atoms with Crippen LogP contribution in [0.2, 0.25) is 0 Å². The molecular weight excluding hydrogens is 312 g/mol. The summed E-state index contributed by atoms with van der Waals surface area (Å²) in [7, 11) is 1.75. The Hall–Kier alpha value is -2.80. The molecule has 0 aliphatic heterocycles. The number of hydrogen-bond donors (Lipinski definition) is 1. The summed E-state index contributed by atoms with van der Waals surface area (Å²) < 4.78 is 1.58. The number of thiophene rings is 1. The Morgan fingerprint density at radius 3 is 2.57 bits per heavy atom. The second-order valence-electron chi connectivity index (χ2n) is 4.93. The molecule has 0 saturated carbocycles. The lowest BCUT2D eigenvalue weighted by molar-refractivity contribution is 0.101. The van der Waals surface area contributed by atoms with Crippen LogP contribution in [-0.4, -0.2) is 26.5 Å². The van der Waals surface area contributed by atoms with E-state index in [1.807, 2.05) is 18.2 Å². The van der Waals surface area contributed by atoms with E-state index in [-0.39, 0.29) is 11.7 Å². The van der Waals surface area contributed by atoms with Crippen molar-refractivity contribution in [3.63, 3.8) is 0 Å². The fourth-order valence-electron chi connectivity index (χ4n) is 2.05. The molecule has 23 heavy (non-hydrogen) atoms. The van der Waals surface area contributed by atoms with E-state index < -0.39 is 0 Å². The van der Waals surface area contributed by atoms with Gasteiger partial charge in [0.05, 0.1) is 15.4 Å². The van der Waals surface area contributed by atoms with Crippen LogP contribution in [0.15, 0.2) is 42.6 Å². The van der Waals surface area contributed by atoms with Crippen LogP contribution in [-0.2, 0) is 7.05 Å². The Morgan fingerprint density at radius 1 is 1.13 bits per heavy atom. The number of hydrogen-bond acceptors (Lipinski definition) is 5. The van der Waals surface area contributed by atoms with Gasteiger partial charge in [-0.1, -0.05) is 6.07 Å². The summed E-state index contributed by atoms with van der Waals surface area (Å²) >= 11 is 1.17. The topological polar surface area (TPSA) is 76.9 Å². The van der Waals surface area contributed by atoms with Crippen LogP contribution in [0.4, 0.5) is 5.82 Å². The molecule has 116 valence electrons. The number of anilines is 1. The highest BCUT2D eigenvalue weighted by atomic mass is 32.1. The zero-order valence-electron chi connectivity index (χ0n) is 12.6. The maximum atomic E-state index is 12.3. The number of aromatic nitrogens is 3. The first-order chi connectivity index (χ1) is 11.0. The number of nitrogens with zero attached hydrogens (tertiary/aromatic N) is 3. The molecule has 0 spiro atoms. The maximum absolute atomic E-state index is 12.3. The number of amides is 1. The number of ketones is 1. The van der Waals surface area contributed by atoms with E-state index in [1.54, 1.807) is 36.1 Å². The second-order valence-corrected chi connectivity index (χ2v) is 6.01. The van der Waals surface area contributed by atoms with Crippen LogP contribution in [0.5, 0.6) is 0 Å². The molecule has 1 N–H and O–H groups in total. The Bertz CT molecular complexity index is 867. The van der Waals surface area contributed by atoms with Gasteiger partial charge in [0.2, 0.25) is 0 Å². The SMILES string of the molecule is CC(=O)c1ccc(C(=O)Nc2cc(-c3ccccn3)nn2C)s1. The van der Waals surface area contributed by atoms with E-state index >= 15 is 0 Å². The van der Waals surface area contributed by atoms with Gasteiger partial charge >= 0.3 is 0 Å². The minimum absolute atomic E-state index is 0.0491. The molecule has 0 atom stereocenters. The van der Waals surface area contributed by atoms with Crippen LogP contribution in [0, 0.1) is 0 Å². The largest absolute Gasteiger partial charge is 0.306 e. The molecule has 0 fully saturated rings. The zero-order chi connectivity index (χ0) is 16.4. The third-order valence-electron chi connectivity index (χ3n) is 3.23. The number of pyridine rings is 1. The van der Waals surface area contributed by atoms with Gasteiger partial charge in [0.15, 0.2) is 5.78 Å². The van der Waals surface area contributed by atoms with E-state index in [9.17, 15) is 9.59 Å². The Balaban J connectivity index is 1.81. The average Bonchev–Trinajstić information content (AvgIpc) is 3.16. The molecule has 0 unspecified atom stereocenters. The van der Waals surface area contributed by atoms with E-state index in [0.717, 1.165) is 5.69 Å². The van der Waals surface area contributed by atoms with Gasteiger partial charge in [-0.2, -0.15) is 5.10 Å². The zero-order valence-corrected chi connectivity index (χ0v) is 13.4. The van der Waals surface area contributed by atoms with Crippen molar-refractivity contribution in [2.75, 3.05) is 5.32 Å². The minimum atomic E-state index is -0.266. The molecule has 3 aromatic rings. The third-order valence-corrected chi connectivity index (χ3v) is 4.41. The van der Waals surface area contributed by atoms with Crippen molar-refractivity contribution in [2.24, 2.45) is 7.05 Å². The van der Waals surface area contributed by atoms with Crippen LogP contribution in [0.3, 0.4) is 0 Å². The van der Waals surface area contributed by atoms with E-state index in [2.05, 4.69) is 15.4 Å². The van der Waals surface area contributed by atoms with Gasteiger partial charge in [-0.15, -0.1) is 11.3 Å². The molecule has 3 aromatic heterocycles. The lowest BCUT2D eigenvalue weighted by Crippen LogP contribution is -2.13. The summed E-state index contributed by atoms with van der Waals surface area (Å²) in [6.07, 6.45) is 1.69. The number of nitrogens with one attached hydrogen (secondary N) is 1. The van der Waals surface area contributed by atoms with Crippen LogP contribution < -0.4 is 5.32 Å². The van der Waals surface area contributed by atoms with Gasteiger partial charge in [0, 0.05) is 19.3 Å². The Kier molecular flexibility index (Phi) is 4.03. The lowest BCUT2D eigenvalue weighted by atomic mass is 10.3. The molecule has 0 aromatic carbocycles. The molecule has 0 aliphatic rings. The first kappa shape index (κ1) is 15.1. The maximum Gasteiger partial charge on any atom is 0.266 e. The van der Waals surface area contributed by atoms with E-state index in [1.165, 1.54) is 18.3 Å². The summed E-state index contributed by atoms with van der Waals surface area (Å²) in [6, 6.07) is 10.6. The molecule has 6 nitrogen and oxygen atoms in total. The molecule has 1 amide bonds. The number of carbonyl (C=O) groups excluding carboxylic acids is 2. The highest BCUT2D eigenvalue weighted by Crippen LogP contribution is 2.22. The third kappa shape index (κ3) is 3.19. The molecular formula is C16H14N4O2S.